The molecular formula is C12H18ClNS. The van der Waals surface area contributed by atoms with Crippen molar-refractivity contribution in [2.24, 2.45) is 5.92 Å². The van der Waals surface area contributed by atoms with Crippen LogP contribution in [0.4, 0.5) is 0 Å². The second-order valence-electron chi connectivity index (χ2n) is 4.41. The first-order valence-electron chi connectivity index (χ1n) is 5.64. The first-order chi connectivity index (χ1) is 7.24. The minimum atomic E-state index is 0.471. The molecule has 0 aromatic carbocycles. The summed E-state index contributed by atoms with van der Waals surface area (Å²) in [4.78, 5) is 1.34. The standard InChI is InChI=1S/C12H18ClNS/c1-8-7-15-12(10(8)13)11(14-2)9-5-3-4-6-9/h7,9,11,14H,3-6H2,1-2H3. The average molecular weight is 244 g/mol. The number of aryl methyl sites for hydroxylation is 1. The number of hydrogen-bond acceptors (Lipinski definition) is 2. The van der Waals surface area contributed by atoms with Gasteiger partial charge in [-0.15, -0.1) is 11.3 Å². The van der Waals surface area contributed by atoms with E-state index in [0.717, 1.165) is 10.9 Å². The molecule has 0 bridgehead atoms. The van der Waals surface area contributed by atoms with Gasteiger partial charge in [0.05, 0.1) is 5.02 Å². The highest BCUT2D eigenvalue weighted by Crippen LogP contribution is 2.41. The number of hydrogen-bond donors (Lipinski definition) is 1. The zero-order valence-electron chi connectivity index (χ0n) is 9.35. The molecule has 1 heterocycles. The van der Waals surface area contributed by atoms with E-state index in [0.29, 0.717) is 6.04 Å². The van der Waals surface area contributed by atoms with Crippen molar-refractivity contribution >= 4 is 22.9 Å². The van der Waals surface area contributed by atoms with Gasteiger partial charge in [-0.25, -0.2) is 0 Å². The Morgan fingerprint density at radius 2 is 2.13 bits per heavy atom. The van der Waals surface area contributed by atoms with Crippen molar-refractivity contribution in [2.45, 2.75) is 38.6 Å². The maximum absolute atomic E-state index is 6.33. The van der Waals surface area contributed by atoms with Crippen molar-refractivity contribution in [2.75, 3.05) is 7.05 Å². The molecule has 2 rings (SSSR count). The van der Waals surface area contributed by atoms with Crippen LogP contribution in [0.15, 0.2) is 5.38 Å². The van der Waals surface area contributed by atoms with Gasteiger partial charge in [0.25, 0.3) is 0 Å². The molecule has 0 amide bonds. The second-order valence-corrected chi connectivity index (χ2v) is 5.70. The predicted octanol–water partition coefficient (Wildman–Crippen LogP) is 4.16. The van der Waals surface area contributed by atoms with E-state index in [-0.39, 0.29) is 0 Å². The van der Waals surface area contributed by atoms with Crippen molar-refractivity contribution in [1.29, 1.82) is 0 Å². The number of nitrogens with one attached hydrogen (secondary N) is 1. The van der Waals surface area contributed by atoms with E-state index in [1.807, 2.05) is 7.05 Å². The molecule has 1 fully saturated rings. The highest BCUT2D eigenvalue weighted by atomic mass is 35.5. The van der Waals surface area contributed by atoms with Crippen LogP contribution in [0.1, 0.15) is 42.2 Å². The van der Waals surface area contributed by atoms with Crippen LogP contribution >= 0.6 is 22.9 Å². The Morgan fingerprint density at radius 1 is 1.47 bits per heavy atom. The molecule has 1 aliphatic carbocycles. The zero-order valence-corrected chi connectivity index (χ0v) is 10.9. The highest BCUT2D eigenvalue weighted by molar-refractivity contribution is 7.10. The molecule has 1 nitrogen and oxygen atoms in total. The minimum Gasteiger partial charge on any atom is -0.312 e. The molecule has 0 spiro atoms. The summed E-state index contributed by atoms with van der Waals surface area (Å²) in [6.45, 7) is 2.09. The molecule has 0 saturated heterocycles. The van der Waals surface area contributed by atoms with Crippen molar-refractivity contribution < 1.29 is 0 Å². The summed E-state index contributed by atoms with van der Waals surface area (Å²) >= 11 is 8.13. The zero-order chi connectivity index (χ0) is 10.8. The number of rotatable bonds is 3. The quantitative estimate of drug-likeness (QED) is 0.841. The third kappa shape index (κ3) is 2.22. The van der Waals surface area contributed by atoms with Gasteiger partial charge in [0.2, 0.25) is 0 Å². The highest BCUT2D eigenvalue weighted by Gasteiger charge is 2.27. The molecule has 0 aliphatic heterocycles. The number of thiophene rings is 1. The fourth-order valence-corrected chi connectivity index (χ4v) is 4.04. The molecule has 1 unspecified atom stereocenters. The lowest BCUT2D eigenvalue weighted by Crippen LogP contribution is -2.22. The minimum absolute atomic E-state index is 0.471. The molecule has 84 valence electrons. The van der Waals surface area contributed by atoms with Crippen LogP contribution in [0.25, 0.3) is 0 Å². The maximum atomic E-state index is 6.33. The van der Waals surface area contributed by atoms with Crippen LogP contribution in [0, 0.1) is 12.8 Å². The molecule has 1 aromatic rings. The average Bonchev–Trinajstić information content (AvgIpc) is 2.84. The van der Waals surface area contributed by atoms with E-state index in [1.165, 1.54) is 36.1 Å². The fourth-order valence-electron chi connectivity index (χ4n) is 2.53. The predicted molar refractivity (Wildman–Crippen MR) is 67.8 cm³/mol. The maximum Gasteiger partial charge on any atom is 0.0590 e. The molecule has 3 heteroatoms. The fraction of sp³-hybridized carbons (Fsp3) is 0.667. The largest absolute Gasteiger partial charge is 0.312 e. The smallest absolute Gasteiger partial charge is 0.0590 e. The third-order valence-electron chi connectivity index (χ3n) is 3.39. The summed E-state index contributed by atoms with van der Waals surface area (Å²) in [6.07, 6.45) is 5.45. The third-order valence-corrected chi connectivity index (χ3v) is 5.19. The van der Waals surface area contributed by atoms with Gasteiger partial charge in [-0.3, -0.25) is 0 Å². The summed E-state index contributed by atoms with van der Waals surface area (Å²) in [5.41, 5.74) is 1.22. The van der Waals surface area contributed by atoms with Gasteiger partial charge in [0.1, 0.15) is 0 Å². The van der Waals surface area contributed by atoms with E-state index >= 15 is 0 Å². The Labute approximate surface area is 101 Å². The molecule has 1 aromatic heterocycles. The lowest BCUT2D eigenvalue weighted by atomic mass is 9.96. The van der Waals surface area contributed by atoms with Gasteiger partial charge in [0, 0.05) is 10.9 Å². The molecule has 15 heavy (non-hydrogen) atoms. The molecule has 1 N–H and O–H groups in total. The van der Waals surface area contributed by atoms with Crippen molar-refractivity contribution in [3.05, 3.63) is 20.8 Å². The summed E-state index contributed by atoms with van der Waals surface area (Å²) in [6, 6.07) is 0.471. The monoisotopic (exact) mass is 243 g/mol. The Kier molecular flexibility index (Phi) is 3.70. The van der Waals surface area contributed by atoms with Gasteiger partial charge in [-0.2, -0.15) is 0 Å². The molecule has 0 radical (unpaired) electrons. The lowest BCUT2D eigenvalue weighted by molar-refractivity contribution is 0.395. The first-order valence-corrected chi connectivity index (χ1v) is 6.90. The van der Waals surface area contributed by atoms with Gasteiger partial charge in [0.15, 0.2) is 0 Å². The van der Waals surface area contributed by atoms with Crippen LogP contribution in [0.3, 0.4) is 0 Å². The van der Waals surface area contributed by atoms with E-state index in [2.05, 4.69) is 17.6 Å². The van der Waals surface area contributed by atoms with E-state index < -0.39 is 0 Å². The second kappa shape index (κ2) is 4.86. The summed E-state index contributed by atoms with van der Waals surface area (Å²) in [5.74, 6) is 0.783. The molecule has 1 saturated carbocycles. The van der Waals surface area contributed by atoms with E-state index in [1.54, 1.807) is 11.3 Å². The van der Waals surface area contributed by atoms with Gasteiger partial charge in [-0.05, 0) is 43.7 Å². The first kappa shape index (κ1) is 11.4. The van der Waals surface area contributed by atoms with Crippen molar-refractivity contribution in [1.82, 2.24) is 5.32 Å². The van der Waals surface area contributed by atoms with Gasteiger partial charge in [-0.1, -0.05) is 24.4 Å². The van der Waals surface area contributed by atoms with Crippen LogP contribution in [-0.4, -0.2) is 7.05 Å². The Bertz CT molecular complexity index is 328. The van der Waals surface area contributed by atoms with E-state index in [4.69, 9.17) is 11.6 Å². The summed E-state index contributed by atoms with van der Waals surface area (Å²) < 4.78 is 0. The lowest BCUT2D eigenvalue weighted by Gasteiger charge is -2.22. The van der Waals surface area contributed by atoms with Gasteiger partial charge >= 0.3 is 0 Å². The van der Waals surface area contributed by atoms with Gasteiger partial charge < -0.3 is 5.32 Å². The number of halogens is 1. The Balaban J connectivity index is 2.22. The topological polar surface area (TPSA) is 12.0 Å². The Hall–Kier alpha value is -0.0500. The van der Waals surface area contributed by atoms with Crippen LogP contribution < -0.4 is 5.32 Å². The SMILES string of the molecule is CNC(c1scc(C)c1Cl)C1CCCC1. The molecular weight excluding hydrogens is 226 g/mol. The van der Waals surface area contributed by atoms with Crippen molar-refractivity contribution in [3.8, 4) is 0 Å². The van der Waals surface area contributed by atoms with Crippen molar-refractivity contribution in [3.63, 3.8) is 0 Å². The molecule has 1 atom stereocenters. The summed E-state index contributed by atoms with van der Waals surface area (Å²) in [5, 5.41) is 6.58. The van der Waals surface area contributed by atoms with Crippen LogP contribution in [0.2, 0.25) is 5.02 Å². The normalized spacial score (nSPS) is 19.7. The molecule has 1 aliphatic rings. The van der Waals surface area contributed by atoms with Crippen LogP contribution in [-0.2, 0) is 0 Å². The van der Waals surface area contributed by atoms with E-state index in [9.17, 15) is 0 Å². The van der Waals surface area contributed by atoms with Crippen LogP contribution in [0.5, 0.6) is 0 Å². The summed E-state index contributed by atoms with van der Waals surface area (Å²) in [7, 11) is 2.05. The Morgan fingerprint density at radius 3 is 2.60 bits per heavy atom.